The summed E-state index contributed by atoms with van der Waals surface area (Å²) in [6, 6.07) is 0. The molecule has 1 saturated heterocycles. The zero-order chi connectivity index (χ0) is 27.7. The lowest BCUT2D eigenvalue weighted by molar-refractivity contribution is -0.0164. The van der Waals surface area contributed by atoms with E-state index < -0.39 is 0 Å². The largest absolute Gasteiger partial charge is 0.296 e. The van der Waals surface area contributed by atoms with Gasteiger partial charge in [-0.15, -0.1) is 0 Å². The average molecular weight is 491 g/mol. The summed E-state index contributed by atoms with van der Waals surface area (Å²) < 4.78 is 0. The van der Waals surface area contributed by atoms with Crippen molar-refractivity contribution in [2.24, 2.45) is 21.7 Å². The highest BCUT2D eigenvalue weighted by atomic mass is 15.3. The molecule has 0 unspecified atom stereocenters. The van der Waals surface area contributed by atoms with Crippen molar-refractivity contribution in [1.29, 1.82) is 0 Å². The van der Waals surface area contributed by atoms with E-state index in [9.17, 15) is 0 Å². The summed E-state index contributed by atoms with van der Waals surface area (Å²) in [5.74, 6) is 0. The minimum Gasteiger partial charge on any atom is -0.296 e. The lowest BCUT2D eigenvalue weighted by Crippen LogP contribution is -2.60. The maximum atomic E-state index is 2.80. The molecule has 1 aliphatic carbocycles. The Morgan fingerprint density at radius 1 is 0.514 bits per heavy atom. The van der Waals surface area contributed by atoms with Gasteiger partial charge in [-0.2, -0.15) is 0 Å². The van der Waals surface area contributed by atoms with E-state index in [1.54, 1.807) is 11.1 Å². The predicted octanol–water partition coefficient (Wildman–Crippen LogP) is 9.59. The SMILES string of the molecule is CC.CC(C)(C)CC(C)(C)C(=C1CC1)C(C)(C)CC(C)(C)N1CCN(C(C)(C)CC(C)(C)C)CC1. The second-order valence-electron chi connectivity index (χ2n) is 16.5. The van der Waals surface area contributed by atoms with Crippen molar-refractivity contribution in [2.45, 2.75) is 154 Å². The molecule has 2 rings (SSSR count). The van der Waals surface area contributed by atoms with Crippen LogP contribution in [0.4, 0.5) is 0 Å². The van der Waals surface area contributed by atoms with Gasteiger partial charge in [0.2, 0.25) is 0 Å². The first kappa shape index (κ1) is 32.7. The molecule has 0 bridgehead atoms. The molecule has 1 saturated carbocycles. The zero-order valence-corrected chi connectivity index (χ0v) is 27.3. The molecule has 0 aromatic carbocycles. The van der Waals surface area contributed by atoms with Crippen LogP contribution in [-0.4, -0.2) is 47.1 Å². The number of hydrogen-bond donors (Lipinski definition) is 0. The molecule has 0 aromatic heterocycles. The van der Waals surface area contributed by atoms with Crippen LogP contribution in [0.3, 0.4) is 0 Å². The van der Waals surface area contributed by atoms with Crippen LogP contribution in [0, 0.1) is 21.7 Å². The summed E-state index contributed by atoms with van der Waals surface area (Å²) in [5.41, 5.74) is 5.24. The first-order valence-electron chi connectivity index (χ1n) is 14.8. The fraction of sp³-hybridized carbons (Fsp3) is 0.939. The molecule has 35 heavy (non-hydrogen) atoms. The molecule has 2 aliphatic rings. The van der Waals surface area contributed by atoms with Crippen molar-refractivity contribution in [3.8, 4) is 0 Å². The summed E-state index contributed by atoms with van der Waals surface area (Å²) >= 11 is 0. The van der Waals surface area contributed by atoms with Crippen molar-refractivity contribution >= 4 is 0 Å². The molecule has 0 atom stereocenters. The Labute approximate surface area is 222 Å². The molecule has 208 valence electrons. The first-order valence-corrected chi connectivity index (χ1v) is 14.8. The zero-order valence-electron chi connectivity index (χ0n) is 27.3. The number of rotatable bonds is 8. The molecule has 1 heterocycles. The molecular formula is C33H66N2. The van der Waals surface area contributed by atoms with Crippen molar-refractivity contribution in [2.75, 3.05) is 26.2 Å². The van der Waals surface area contributed by atoms with Gasteiger partial charge < -0.3 is 0 Å². The third kappa shape index (κ3) is 9.81. The predicted molar refractivity (Wildman–Crippen MR) is 159 cm³/mol. The number of piperazine rings is 1. The lowest BCUT2D eigenvalue weighted by Gasteiger charge is -2.52. The molecule has 2 fully saturated rings. The molecule has 0 radical (unpaired) electrons. The van der Waals surface area contributed by atoms with E-state index in [1.807, 2.05) is 13.8 Å². The lowest BCUT2D eigenvalue weighted by atomic mass is 9.61. The van der Waals surface area contributed by atoms with Gasteiger partial charge in [-0.3, -0.25) is 9.80 Å². The van der Waals surface area contributed by atoms with Crippen LogP contribution in [0.1, 0.15) is 143 Å². The summed E-state index contributed by atoms with van der Waals surface area (Å²) in [5, 5.41) is 0. The fourth-order valence-electron chi connectivity index (χ4n) is 8.21. The first-order chi connectivity index (χ1) is 15.6. The van der Waals surface area contributed by atoms with Crippen LogP contribution in [0.25, 0.3) is 0 Å². The Bertz CT molecular complexity index is 692. The average Bonchev–Trinajstić information content (AvgIpc) is 3.42. The van der Waals surface area contributed by atoms with Gasteiger partial charge in [0.1, 0.15) is 0 Å². The molecule has 2 nitrogen and oxygen atoms in total. The van der Waals surface area contributed by atoms with Crippen molar-refractivity contribution < 1.29 is 0 Å². The Morgan fingerprint density at radius 2 is 0.829 bits per heavy atom. The summed E-state index contributed by atoms with van der Waals surface area (Å²) in [6.07, 6.45) is 6.39. The summed E-state index contributed by atoms with van der Waals surface area (Å²) in [4.78, 5) is 5.55. The molecule has 1 aliphatic heterocycles. The van der Waals surface area contributed by atoms with Gasteiger partial charge >= 0.3 is 0 Å². The third-order valence-corrected chi connectivity index (χ3v) is 8.01. The van der Waals surface area contributed by atoms with Gasteiger partial charge in [0.25, 0.3) is 0 Å². The number of nitrogens with zero attached hydrogens (tertiary/aromatic N) is 2. The minimum absolute atomic E-state index is 0.211. The van der Waals surface area contributed by atoms with Crippen molar-refractivity contribution in [1.82, 2.24) is 9.80 Å². The maximum absolute atomic E-state index is 2.80. The second-order valence-corrected chi connectivity index (χ2v) is 16.5. The second kappa shape index (κ2) is 11.2. The van der Waals surface area contributed by atoms with Crippen LogP contribution in [0.15, 0.2) is 11.1 Å². The van der Waals surface area contributed by atoms with Gasteiger partial charge in [0.05, 0.1) is 0 Å². The Morgan fingerprint density at radius 3 is 1.14 bits per heavy atom. The topological polar surface area (TPSA) is 6.48 Å². The minimum atomic E-state index is 0.211. The highest BCUT2D eigenvalue weighted by Crippen LogP contribution is 2.55. The Balaban J connectivity index is 0.00000298. The number of hydrogen-bond acceptors (Lipinski definition) is 2. The summed E-state index contributed by atoms with van der Waals surface area (Å²) in [6.45, 7) is 43.2. The van der Waals surface area contributed by atoms with Gasteiger partial charge in [-0.05, 0) is 81.5 Å². The Hall–Kier alpha value is -0.340. The highest BCUT2D eigenvalue weighted by molar-refractivity contribution is 5.35. The molecule has 0 N–H and O–H groups in total. The van der Waals surface area contributed by atoms with Gasteiger partial charge in [-0.1, -0.05) is 94.2 Å². The highest BCUT2D eigenvalue weighted by Gasteiger charge is 2.45. The molecule has 0 aromatic rings. The maximum Gasteiger partial charge on any atom is 0.0162 e. The van der Waals surface area contributed by atoms with Gasteiger partial charge in [0.15, 0.2) is 0 Å². The molecular weight excluding hydrogens is 424 g/mol. The van der Waals surface area contributed by atoms with E-state index in [1.165, 1.54) is 58.3 Å². The van der Waals surface area contributed by atoms with Crippen LogP contribution in [0.5, 0.6) is 0 Å². The smallest absolute Gasteiger partial charge is 0.0162 e. The standard InChI is InChI=1S/C31H60N2.C2H6/c1-26(2,3)21-28(7,8)25(24-15-16-24)29(9,10)23-31(13,14)33-19-17-32(18-20-33)30(11,12)22-27(4,5)6;1-2/h15-23H2,1-14H3;1-2H3. The van der Waals surface area contributed by atoms with Gasteiger partial charge in [-0.25, -0.2) is 0 Å². The number of allylic oxidation sites excluding steroid dienone is 2. The summed E-state index contributed by atoms with van der Waals surface area (Å²) in [7, 11) is 0. The molecule has 0 amide bonds. The van der Waals surface area contributed by atoms with Crippen LogP contribution >= 0.6 is 0 Å². The fourth-order valence-corrected chi connectivity index (χ4v) is 8.21. The van der Waals surface area contributed by atoms with E-state index in [0.29, 0.717) is 10.8 Å². The Kier molecular flexibility index (Phi) is 10.4. The van der Waals surface area contributed by atoms with Gasteiger partial charge in [0, 0.05) is 37.3 Å². The van der Waals surface area contributed by atoms with Crippen molar-refractivity contribution in [3.63, 3.8) is 0 Å². The molecule has 2 heteroatoms. The third-order valence-electron chi connectivity index (χ3n) is 8.01. The quantitative estimate of drug-likeness (QED) is 0.312. The monoisotopic (exact) mass is 491 g/mol. The van der Waals surface area contributed by atoms with E-state index in [0.717, 1.165) is 0 Å². The normalized spacial score (nSPS) is 19.4. The van der Waals surface area contributed by atoms with E-state index >= 15 is 0 Å². The van der Waals surface area contributed by atoms with Crippen LogP contribution < -0.4 is 0 Å². The van der Waals surface area contributed by atoms with Crippen LogP contribution in [-0.2, 0) is 0 Å². The van der Waals surface area contributed by atoms with E-state index in [2.05, 4.69) is 107 Å². The molecule has 0 spiro atoms. The van der Waals surface area contributed by atoms with E-state index in [-0.39, 0.29) is 21.9 Å². The van der Waals surface area contributed by atoms with E-state index in [4.69, 9.17) is 0 Å². The van der Waals surface area contributed by atoms with Crippen LogP contribution in [0.2, 0.25) is 0 Å². The van der Waals surface area contributed by atoms with Crippen molar-refractivity contribution in [3.05, 3.63) is 11.1 Å².